The van der Waals surface area contributed by atoms with Crippen LogP contribution < -0.4 is 10.5 Å². The molecule has 0 spiro atoms. The molecule has 0 bridgehead atoms. The minimum absolute atomic E-state index is 0.303. The topological polar surface area (TPSA) is 61.0 Å². The molecule has 1 heterocycles. The van der Waals surface area contributed by atoms with Crippen LogP contribution >= 0.6 is 11.6 Å². The van der Waals surface area contributed by atoms with Gasteiger partial charge in [-0.3, -0.25) is 0 Å². The number of halogens is 1. The van der Waals surface area contributed by atoms with Crippen LogP contribution in [0.15, 0.2) is 12.4 Å². The van der Waals surface area contributed by atoms with Gasteiger partial charge in [0.1, 0.15) is 11.5 Å². The lowest BCUT2D eigenvalue weighted by molar-refractivity contribution is 0.285. The summed E-state index contributed by atoms with van der Waals surface area (Å²) in [6.45, 7) is 0.620. The quantitative estimate of drug-likeness (QED) is 0.734. The maximum atomic E-state index is 5.65. The molecule has 2 N–H and O–H groups in total. The zero-order valence-corrected chi connectivity index (χ0v) is 7.74. The van der Waals surface area contributed by atoms with Gasteiger partial charge < -0.3 is 10.5 Å². The SMILES string of the molecule is NC1CC1COc1cc(Cl)ncn1. The first-order chi connectivity index (χ1) is 6.25. The van der Waals surface area contributed by atoms with Gasteiger partial charge in [0, 0.05) is 18.0 Å². The van der Waals surface area contributed by atoms with E-state index in [1.54, 1.807) is 6.07 Å². The summed E-state index contributed by atoms with van der Waals surface area (Å²) < 4.78 is 5.37. The molecule has 0 radical (unpaired) electrons. The van der Waals surface area contributed by atoms with Gasteiger partial charge in [0.2, 0.25) is 5.88 Å². The molecule has 1 aromatic rings. The van der Waals surface area contributed by atoms with Crippen LogP contribution in [0.5, 0.6) is 5.88 Å². The minimum atomic E-state index is 0.303. The van der Waals surface area contributed by atoms with Crippen molar-refractivity contribution >= 4 is 11.6 Å². The van der Waals surface area contributed by atoms with Crippen LogP contribution in [0.4, 0.5) is 0 Å². The van der Waals surface area contributed by atoms with E-state index in [1.807, 2.05) is 0 Å². The van der Waals surface area contributed by atoms with Crippen molar-refractivity contribution in [2.24, 2.45) is 11.7 Å². The highest BCUT2D eigenvalue weighted by molar-refractivity contribution is 6.29. The lowest BCUT2D eigenvalue weighted by Crippen LogP contribution is -2.09. The van der Waals surface area contributed by atoms with Crippen molar-refractivity contribution in [3.8, 4) is 5.88 Å². The van der Waals surface area contributed by atoms with Crippen LogP contribution in [-0.4, -0.2) is 22.6 Å². The number of hydrogen-bond donors (Lipinski definition) is 1. The van der Waals surface area contributed by atoms with Gasteiger partial charge in [0.25, 0.3) is 0 Å². The fourth-order valence-electron chi connectivity index (χ4n) is 1.05. The number of hydrogen-bond acceptors (Lipinski definition) is 4. The van der Waals surface area contributed by atoms with E-state index in [0.29, 0.717) is 29.6 Å². The van der Waals surface area contributed by atoms with Crippen molar-refractivity contribution in [3.63, 3.8) is 0 Å². The summed E-state index contributed by atoms with van der Waals surface area (Å²) in [4.78, 5) is 7.65. The molecule has 2 atom stereocenters. The van der Waals surface area contributed by atoms with Gasteiger partial charge in [-0.05, 0) is 6.42 Å². The molecule has 1 fully saturated rings. The molecule has 1 saturated carbocycles. The Bertz CT molecular complexity index is 307. The van der Waals surface area contributed by atoms with Crippen LogP contribution in [0.25, 0.3) is 0 Å². The van der Waals surface area contributed by atoms with Gasteiger partial charge in [-0.15, -0.1) is 0 Å². The summed E-state index contributed by atoms with van der Waals surface area (Å²) in [5.41, 5.74) is 5.62. The molecular formula is C8H10ClN3O. The van der Waals surface area contributed by atoms with Gasteiger partial charge in [0.15, 0.2) is 0 Å². The average molecular weight is 200 g/mol. The summed E-state index contributed by atoms with van der Waals surface area (Å²) in [5.74, 6) is 0.993. The molecule has 4 nitrogen and oxygen atoms in total. The number of rotatable bonds is 3. The molecule has 0 amide bonds. The zero-order chi connectivity index (χ0) is 9.26. The lowest BCUT2D eigenvalue weighted by Gasteiger charge is -2.02. The monoisotopic (exact) mass is 199 g/mol. The second-order valence-corrected chi connectivity index (χ2v) is 3.54. The number of aromatic nitrogens is 2. The molecule has 1 aliphatic carbocycles. The standard InChI is InChI=1S/C8H10ClN3O/c9-7-2-8(12-4-11-7)13-3-5-1-6(5)10/h2,4-6H,1,3,10H2. The Balaban J connectivity index is 1.87. The molecule has 2 unspecified atom stereocenters. The Morgan fingerprint density at radius 2 is 2.38 bits per heavy atom. The van der Waals surface area contributed by atoms with Gasteiger partial charge in [-0.25, -0.2) is 9.97 Å². The third kappa shape index (κ3) is 2.29. The van der Waals surface area contributed by atoms with E-state index in [9.17, 15) is 0 Å². The first kappa shape index (κ1) is 8.72. The highest BCUT2D eigenvalue weighted by Crippen LogP contribution is 2.28. The fourth-order valence-corrected chi connectivity index (χ4v) is 1.19. The van der Waals surface area contributed by atoms with E-state index >= 15 is 0 Å². The van der Waals surface area contributed by atoms with Gasteiger partial charge in [-0.1, -0.05) is 11.6 Å². The van der Waals surface area contributed by atoms with Crippen LogP contribution in [0, 0.1) is 5.92 Å². The lowest BCUT2D eigenvalue weighted by atomic mass is 10.4. The van der Waals surface area contributed by atoms with E-state index in [4.69, 9.17) is 22.1 Å². The first-order valence-corrected chi connectivity index (χ1v) is 4.49. The van der Waals surface area contributed by atoms with E-state index < -0.39 is 0 Å². The van der Waals surface area contributed by atoms with Crippen molar-refractivity contribution in [2.75, 3.05) is 6.61 Å². The second-order valence-electron chi connectivity index (χ2n) is 3.15. The van der Waals surface area contributed by atoms with Gasteiger partial charge in [0.05, 0.1) is 6.61 Å². The zero-order valence-electron chi connectivity index (χ0n) is 6.98. The van der Waals surface area contributed by atoms with Crippen LogP contribution in [0.1, 0.15) is 6.42 Å². The molecule has 13 heavy (non-hydrogen) atoms. The number of nitrogens with zero attached hydrogens (tertiary/aromatic N) is 2. The third-order valence-electron chi connectivity index (χ3n) is 2.03. The number of nitrogens with two attached hydrogens (primary N) is 1. The van der Waals surface area contributed by atoms with Crippen molar-refractivity contribution in [2.45, 2.75) is 12.5 Å². The Hall–Kier alpha value is -0.870. The predicted octanol–water partition coefficient (Wildman–Crippen LogP) is 0.856. The third-order valence-corrected chi connectivity index (χ3v) is 2.24. The van der Waals surface area contributed by atoms with Gasteiger partial charge in [-0.2, -0.15) is 0 Å². The highest BCUT2D eigenvalue weighted by atomic mass is 35.5. The van der Waals surface area contributed by atoms with Gasteiger partial charge >= 0.3 is 0 Å². The largest absolute Gasteiger partial charge is 0.477 e. The first-order valence-electron chi connectivity index (χ1n) is 4.11. The van der Waals surface area contributed by atoms with Crippen molar-refractivity contribution in [1.29, 1.82) is 0 Å². The minimum Gasteiger partial charge on any atom is -0.477 e. The summed E-state index contributed by atoms with van der Waals surface area (Å²) in [7, 11) is 0. The van der Waals surface area contributed by atoms with E-state index in [1.165, 1.54) is 6.33 Å². The summed E-state index contributed by atoms with van der Waals surface area (Å²) >= 11 is 5.65. The fraction of sp³-hybridized carbons (Fsp3) is 0.500. The summed E-state index contributed by atoms with van der Waals surface area (Å²) in [6, 6.07) is 1.90. The maximum Gasteiger partial charge on any atom is 0.217 e. The Kier molecular flexibility index (Phi) is 2.33. The molecule has 2 rings (SSSR count). The van der Waals surface area contributed by atoms with Crippen molar-refractivity contribution < 1.29 is 4.74 Å². The molecule has 5 heteroatoms. The molecule has 70 valence electrons. The normalized spacial score (nSPS) is 25.7. The summed E-state index contributed by atoms with van der Waals surface area (Å²) in [5, 5.41) is 0.394. The van der Waals surface area contributed by atoms with E-state index in [0.717, 1.165) is 6.42 Å². The predicted molar refractivity (Wildman–Crippen MR) is 48.6 cm³/mol. The Morgan fingerprint density at radius 3 is 3.00 bits per heavy atom. The Labute approximate surface area is 81.1 Å². The van der Waals surface area contributed by atoms with Crippen LogP contribution in [0.2, 0.25) is 5.15 Å². The molecule has 0 aliphatic heterocycles. The molecular weight excluding hydrogens is 190 g/mol. The molecule has 1 aliphatic rings. The Morgan fingerprint density at radius 1 is 1.62 bits per heavy atom. The van der Waals surface area contributed by atoms with Crippen molar-refractivity contribution in [3.05, 3.63) is 17.5 Å². The number of ether oxygens (including phenoxy) is 1. The van der Waals surface area contributed by atoms with Crippen molar-refractivity contribution in [1.82, 2.24) is 9.97 Å². The van der Waals surface area contributed by atoms with E-state index in [-0.39, 0.29) is 0 Å². The highest BCUT2D eigenvalue weighted by Gasteiger charge is 2.33. The summed E-state index contributed by atoms with van der Waals surface area (Å²) in [6.07, 6.45) is 2.42. The van der Waals surface area contributed by atoms with E-state index in [2.05, 4.69) is 9.97 Å². The average Bonchev–Trinajstić information content (AvgIpc) is 2.79. The molecule has 0 aromatic carbocycles. The second kappa shape index (κ2) is 3.47. The maximum absolute atomic E-state index is 5.65. The smallest absolute Gasteiger partial charge is 0.217 e. The van der Waals surface area contributed by atoms with Crippen LogP contribution in [0.3, 0.4) is 0 Å². The molecule has 0 saturated heterocycles. The van der Waals surface area contributed by atoms with Crippen LogP contribution in [-0.2, 0) is 0 Å². The molecule has 1 aromatic heterocycles.